The third-order valence-electron chi connectivity index (χ3n) is 5.16. The molecule has 7 heteroatoms. The molecule has 2 heterocycles. The predicted molar refractivity (Wildman–Crippen MR) is 95.7 cm³/mol. The number of nitrogens with zero attached hydrogens (tertiary/aromatic N) is 2. The molecule has 0 unspecified atom stereocenters. The summed E-state index contributed by atoms with van der Waals surface area (Å²) in [5, 5.41) is 9.09. The maximum atomic E-state index is 12.9. The van der Waals surface area contributed by atoms with Crippen molar-refractivity contribution in [1.29, 1.82) is 0 Å². The van der Waals surface area contributed by atoms with Crippen molar-refractivity contribution in [3.05, 3.63) is 35.4 Å². The maximum absolute atomic E-state index is 12.9. The Kier molecular flexibility index (Phi) is 5.76. The van der Waals surface area contributed by atoms with Crippen molar-refractivity contribution in [2.75, 3.05) is 26.2 Å². The molecule has 0 spiro atoms. The lowest BCUT2D eigenvalue weighted by Gasteiger charge is -2.26. The molecule has 1 aromatic carbocycles. The summed E-state index contributed by atoms with van der Waals surface area (Å²) in [5.74, 6) is -0.690. The van der Waals surface area contributed by atoms with Crippen LogP contribution in [0, 0.1) is 5.92 Å². The van der Waals surface area contributed by atoms with E-state index >= 15 is 0 Å². The maximum Gasteiger partial charge on any atom is 0.335 e. The van der Waals surface area contributed by atoms with Gasteiger partial charge in [0.15, 0.2) is 0 Å². The van der Waals surface area contributed by atoms with Crippen LogP contribution in [0.4, 0.5) is 0 Å². The molecule has 2 saturated heterocycles. The van der Waals surface area contributed by atoms with E-state index in [1.165, 1.54) is 0 Å². The van der Waals surface area contributed by atoms with Crippen LogP contribution in [0.1, 0.15) is 48.0 Å². The van der Waals surface area contributed by atoms with Gasteiger partial charge in [-0.25, -0.2) is 4.79 Å². The largest absolute Gasteiger partial charge is 0.478 e. The number of carboxylic acid groups (broad SMARTS) is 1. The van der Waals surface area contributed by atoms with Gasteiger partial charge in [-0.15, -0.1) is 0 Å². The van der Waals surface area contributed by atoms with Crippen molar-refractivity contribution in [3.8, 4) is 0 Å². The number of aromatic carboxylic acids is 1. The normalized spacial score (nSPS) is 23.4. The minimum absolute atomic E-state index is 0.241. The van der Waals surface area contributed by atoms with Crippen molar-refractivity contribution >= 4 is 16.2 Å². The van der Waals surface area contributed by atoms with Gasteiger partial charge in [-0.3, -0.25) is 0 Å². The van der Waals surface area contributed by atoms with Crippen LogP contribution in [-0.2, 0) is 16.6 Å². The lowest BCUT2D eigenvalue weighted by molar-refractivity contribution is 0.0696. The van der Waals surface area contributed by atoms with Gasteiger partial charge in [0, 0.05) is 26.2 Å². The third kappa shape index (κ3) is 4.40. The minimum atomic E-state index is -3.36. The van der Waals surface area contributed by atoms with Gasteiger partial charge in [-0.1, -0.05) is 25.0 Å². The fourth-order valence-corrected chi connectivity index (χ4v) is 5.56. The quantitative estimate of drug-likeness (QED) is 0.868. The van der Waals surface area contributed by atoms with E-state index in [1.807, 2.05) is 6.07 Å². The van der Waals surface area contributed by atoms with Crippen molar-refractivity contribution < 1.29 is 18.3 Å². The van der Waals surface area contributed by atoms with E-state index < -0.39 is 16.2 Å². The third-order valence-corrected chi connectivity index (χ3v) is 7.17. The zero-order valence-electron chi connectivity index (χ0n) is 14.4. The van der Waals surface area contributed by atoms with Crippen LogP contribution in [0.5, 0.6) is 0 Å². The van der Waals surface area contributed by atoms with Crippen LogP contribution in [0.15, 0.2) is 24.3 Å². The Hall–Kier alpha value is -1.44. The Bertz CT molecular complexity index is 712. The van der Waals surface area contributed by atoms with Crippen molar-refractivity contribution in [3.63, 3.8) is 0 Å². The first kappa shape index (κ1) is 18.4. The highest BCUT2D eigenvalue weighted by Gasteiger charge is 2.35. The molecular weight excluding hydrogens is 340 g/mol. The Morgan fingerprint density at radius 2 is 1.80 bits per heavy atom. The second-order valence-corrected chi connectivity index (χ2v) is 8.97. The summed E-state index contributed by atoms with van der Waals surface area (Å²) in [6.07, 6.45) is 5.64. The molecule has 1 atom stereocenters. The average molecular weight is 366 g/mol. The van der Waals surface area contributed by atoms with Crippen LogP contribution in [0.25, 0.3) is 0 Å². The predicted octanol–water partition coefficient (Wildman–Crippen LogP) is 2.37. The Balaban J connectivity index is 1.63. The van der Waals surface area contributed by atoms with Crippen molar-refractivity contribution in [2.45, 2.75) is 38.5 Å². The van der Waals surface area contributed by atoms with Crippen LogP contribution < -0.4 is 0 Å². The first-order valence-electron chi connectivity index (χ1n) is 9.04. The molecule has 0 aliphatic carbocycles. The summed E-state index contributed by atoms with van der Waals surface area (Å²) in [4.78, 5) is 11.1. The molecule has 1 aromatic rings. The van der Waals surface area contributed by atoms with E-state index in [4.69, 9.17) is 5.11 Å². The van der Waals surface area contributed by atoms with Crippen molar-refractivity contribution in [2.24, 2.45) is 5.92 Å². The van der Waals surface area contributed by atoms with E-state index in [9.17, 15) is 13.2 Å². The zero-order valence-corrected chi connectivity index (χ0v) is 15.2. The van der Waals surface area contributed by atoms with E-state index in [0.29, 0.717) is 32.6 Å². The first-order valence-corrected chi connectivity index (χ1v) is 10.4. The fraction of sp³-hybridized carbons (Fsp3) is 0.611. The standard InChI is InChI=1S/C18H26N2O4S/c21-18(22)17-7-5-6-15(13-17)12-16-8-11-20(14-16)25(23,24)19-9-3-1-2-4-10-19/h5-7,13,16H,1-4,8-12,14H2,(H,21,22)/t16-/m0/s1. The smallest absolute Gasteiger partial charge is 0.335 e. The highest BCUT2D eigenvalue weighted by Crippen LogP contribution is 2.26. The molecule has 138 valence electrons. The van der Waals surface area contributed by atoms with Gasteiger partial charge in [0.05, 0.1) is 5.56 Å². The molecule has 0 radical (unpaired) electrons. The van der Waals surface area contributed by atoms with E-state index in [2.05, 4.69) is 0 Å². The molecule has 2 aliphatic heterocycles. The molecule has 0 bridgehead atoms. The van der Waals surface area contributed by atoms with Gasteiger partial charge in [0.2, 0.25) is 0 Å². The molecule has 6 nitrogen and oxygen atoms in total. The van der Waals surface area contributed by atoms with E-state index in [-0.39, 0.29) is 11.5 Å². The lowest BCUT2D eigenvalue weighted by Crippen LogP contribution is -2.43. The van der Waals surface area contributed by atoms with Gasteiger partial charge in [0.1, 0.15) is 0 Å². The first-order chi connectivity index (χ1) is 12.0. The van der Waals surface area contributed by atoms with Crippen LogP contribution in [-0.4, -0.2) is 54.3 Å². The molecule has 1 N–H and O–H groups in total. The second-order valence-electron chi connectivity index (χ2n) is 7.04. The Morgan fingerprint density at radius 3 is 2.48 bits per heavy atom. The van der Waals surface area contributed by atoms with Gasteiger partial charge in [0.25, 0.3) is 10.2 Å². The number of carboxylic acids is 1. The van der Waals surface area contributed by atoms with E-state index in [0.717, 1.165) is 37.7 Å². The molecule has 0 amide bonds. The van der Waals surface area contributed by atoms with Gasteiger partial charge in [-0.2, -0.15) is 17.0 Å². The minimum Gasteiger partial charge on any atom is -0.478 e. The van der Waals surface area contributed by atoms with Crippen molar-refractivity contribution in [1.82, 2.24) is 8.61 Å². The van der Waals surface area contributed by atoms with Crippen LogP contribution in [0.3, 0.4) is 0 Å². The number of rotatable bonds is 5. The highest BCUT2D eigenvalue weighted by atomic mass is 32.2. The number of benzene rings is 1. The van der Waals surface area contributed by atoms with Gasteiger partial charge < -0.3 is 5.11 Å². The monoisotopic (exact) mass is 366 g/mol. The zero-order chi connectivity index (χ0) is 17.9. The summed E-state index contributed by atoms with van der Waals surface area (Å²) in [6.45, 7) is 2.34. The van der Waals surface area contributed by atoms with E-state index in [1.54, 1.807) is 26.8 Å². The van der Waals surface area contributed by atoms with Crippen LogP contribution >= 0.6 is 0 Å². The van der Waals surface area contributed by atoms with Gasteiger partial charge >= 0.3 is 5.97 Å². The summed E-state index contributed by atoms with van der Waals surface area (Å²) < 4.78 is 29.0. The molecule has 3 rings (SSSR count). The molecule has 0 aromatic heterocycles. The fourth-order valence-electron chi connectivity index (χ4n) is 3.77. The average Bonchev–Trinajstić information content (AvgIpc) is 2.88. The van der Waals surface area contributed by atoms with Gasteiger partial charge in [-0.05, 0) is 49.3 Å². The Morgan fingerprint density at radius 1 is 1.08 bits per heavy atom. The molecule has 0 saturated carbocycles. The number of carbonyl (C=O) groups is 1. The summed E-state index contributed by atoms with van der Waals surface area (Å²) in [7, 11) is -3.36. The molecular formula is C18H26N2O4S. The lowest BCUT2D eigenvalue weighted by atomic mass is 9.97. The topological polar surface area (TPSA) is 77.9 Å². The highest BCUT2D eigenvalue weighted by molar-refractivity contribution is 7.86. The summed E-state index contributed by atoms with van der Waals surface area (Å²) in [6, 6.07) is 6.93. The summed E-state index contributed by atoms with van der Waals surface area (Å²) in [5.41, 5.74) is 1.24. The molecule has 2 fully saturated rings. The number of hydrogen-bond acceptors (Lipinski definition) is 3. The second kappa shape index (κ2) is 7.85. The SMILES string of the molecule is O=C(O)c1cccc(C[C@@H]2CCN(S(=O)(=O)N3CCCCCC3)C2)c1. The molecule has 25 heavy (non-hydrogen) atoms. The Labute approximate surface area is 149 Å². The molecule has 2 aliphatic rings. The number of hydrogen-bond donors (Lipinski definition) is 1. The van der Waals surface area contributed by atoms with Crippen LogP contribution in [0.2, 0.25) is 0 Å². The summed E-state index contributed by atoms with van der Waals surface area (Å²) >= 11 is 0.